The van der Waals surface area contributed by atoms with Crippen molar-refractivity contribution in [3.8, 4) is 22.4 Å². The summed E-state index contributed by atoms with van der Waals surface area (Å²) in [5.41, 5.74) is 9.45. The topological polar surface area (TPSA) is 26.5 Å². The molecule has 1 aliphatic heterocycles. The van der Waals surface area contributed by atoms with E-state index >= 15 is 4.32 Å². The molecular weight excluding hydrogens is 721 g/mol. The number of allylic oxidation sites excluding steroid dienone is 2. The van der Waals surface area contributed by atoms with Crippen molar-refractivity contribution in [1.29, 1.82) is 0 Å². The molecule has 0 atom stereocenters. The molecule has 0 unspecified atom stereocenters. The quantitative estimate of drug-likeness (QED) is 0.108. The number of aliphatic imine (C=N–C) groups is 1. The van der Waals surface area contributed by atoms with Crippen LogP contribution in [-0.4, -0.2) is 36.2 Å². The maximum atomic E-state index is 16.7. The molecule has 0 saturated heterocycles. The fourth-order valence-electron chi connectivity index (χ4n) is 6.49. The normalized spacial score (nSPS) is 14.6. The van der Waals surface area contributed by atoms with Crippen LogP contribution in [0.5, 0.6) is 0 Å². The summed E-state index contributed by atoms with van der Waals surface area (Å²) in [5, 5.41) is 0. The van der Waals surface area contributed by atoms with Gasteiger partial charge < -0.3 is 9.13 Å². The van der Waals surface area contributed by atoms with Gasteiger partial charge in [-0.25, -0.2) is 4.99 Å². The zero-order valence-corrected chi connectivity index (χ0v) is 32.8. The van der Waals surface area contributed by atoms with Crippen LogP contribution < -0.4 is 0 Å². The van der Waals surface area contributed by atoms with Crippen LogP contribution in [0.15, 0.2) is 120 Å². The minimum Gasteiger partial charge on any atom is -0.382 e. The van der Waals surface area contributed by atoms with Crippen molar-refractivity contribution in [3.63, 3.8) is 0 Å². The van der Waals surface area contributed by atoms with E-state index in [1.54, 1.807) is 24.3 Å². The molecule has 0 fully saturated rings. The van der Waals surface area contributed by atoms with E-state index < -0.39 is 26.0 Å². The Kier molecular flexibility index (Phi) is 10.9. The largest absolute Gasteiger partial charge is 0.638 e. The van der Waals surface area contributed by atoms with Gasteiger partial charge in [-0.3, -0.25) is 4.32 Å². The number of benzene rings is 4. The predicted octanol–water partition coefficient (Wildman–Crippen LogP) is 13.0. The number of halogens is 6. The molecule has 0 radical (unpaired) electrons. The van der Waals surface area contributed by atoms with Crippen LogP contribution in [-0.2, 0) is 15.5 Å². The van der Waals surface area contributed by atoms with Gasteiger partial charge in [-0.1, -0.05) is 150 Å². The molecule has 0 bridgehead atoms. The molecule has 3 nitrogen and oxygen atoms in total. The predicted molar refractivity (Wildman–Crippen MR) is 217 cm³/mol. The first-order valence-corrected chi connectivity index (χ1v) is 18.5. The van der Waals surface area contributed by atoms with E-state index in [4.69, 9.17) is 9.65 Å². The molecule has 6 rings (SSSR count). The van der Waals surface area contributed by atoms with Crippen molar-refractivity contribution in [2.45, 2.75) is 78.3 Å². The van der Waals surface area contributed by atoms with E-state index in [-0.39, 0.29) is 22.2 Å². The fourth-order valence-corrected chi connectivity index (χ4v) is 6.49. The maximum Gasteiger partial charge on any atom is 0.638 e. The number of aryl methyl sites for hydroxylation is 2. The summed E-state index contributed by atoms with van der Waals surface area (Å²) < 4.78 is 90.8. The molecule has 56 heavy (non-hydrogen) atoms. The van der Waals surface area contributed by atoms with E-state index in [9.17, 15) is 22.0 Å². The van der Waals surface area contributed by atoms with Crippen LogP contribution in [0.1, 0.15) is 80.6 Å². The third-order valence-corrected chi connectivity index (χ3v) is 9.99. The lowest BCUT2D eigenvalue weighted by Crippen LogP contribution is -2.43. The van der Waals surface area contributed by atoms with E-state index in [1.165, 1.54) is 0 Å². The highest BCUT2D eigenvalue weighted by molar-refractivity contribution is 6.43. The first-order chi connectivity index (χ1) is 26.1. The Morgan fingerprint density at radius 3 is 1.59 bits per heavy atom. The van der Waals surface area contributed by atoms with E-state index in [1.807, 2.05) is 105 Å². The second kappa shape index (κ2) is 15.1. The molecule has 0 saturated carbocycles. The van der Waals surface area contributed by atoms with Crippen molar-refractivity contribution >= 4 is 24.7 Å². The van der Waals surface area contributed by atoms with Gasteiger partial charge in [0.15, 0.2) is 0 Å². The van der Waals surface area contributed by atoms with Gasteiger partial charge in [0.25, 0.3) is 0 Å². The van der Waals surface area contributed by atoms with Crippen LogP contribution in [0.25, 0.3) is 34.0 Å². The van der Waals surface area contributed by atoms with E-state index in [2.05, 4.69) is 41.5 Å². The highest BCUT2D eigenvalue weighted by Gasteiger charge is 2.58. The number of hydrogen-bond acceptors (Lipinski definition) is 2. The summed E-state index contributed by atoms with van der Waals surface area (Å²) in [5.74, 6) is -5.29. The summed E-state index contributed by atoms with van der Waals surface area (Å²) in [7, 11) is -2.74. The fraction of sp³-hybridized carbons (Fsp3) is 0.283. The molecule has 5 aromatic rings. The molecule has 2 heterocycles. The lowest BCUT2D eigenvalue weighted by molar-refractivity contribution is -0.290. The SMILES string of the molecule is Cc1ccc(C2=N/C(=C\c3c(-c4ccc(C(C)(C)C)cc4)cc(-c4ccc(C)cc4)n3B(F)OCC(F)(F)C(F)(F)F)C(c3ccc(C(C)(C)C)cc3)=C2)cc1. The molecule has 1 aliphatic rings. The minimum absolute atomic E-state index is 0.103. The van der Waals surface area contributed by atoms with Crippen LogP contribution in [0.2, 0.25) is 0 Å². The zero-order valence-electron chi connectivity index (χ0n) is 32.8. The van der Waals surface area contributed by atoms with Crippen LogP contribution in [0.3, 0.4) is 0 Å². The molecule has 0 N–H and O–H groups in total. The lowest BCUT2D eigenvalue weighted by Gasteiger charge is -2.21. The summed E-state index contributed by atoms with van der Waals surface area (Å²) in [6, 6.07) is 32.5. The van der Waals surface area contributed by atoms with Gasteiger partial charge in [0.2, 0.25) is 0 Å². The third-order valence-electron chi connectivity index (χ3n) is 9.99. The minimum atomic E-state index is -5.93. The van der Waals surface area contributed by atoms with Crippen molar-refractivity contribution in [2.24, 2.45) is 4.99 Å². The van der Waals surface area contributed by atoms with Gasteiger partial charge in [-0.2, -0.15) is 22.0 Å². The van der Waals surface area contributed by atoms with Crippen LogP contribution in [0, 0.1) is 13.8 Å². The average Bonchev–Trinajstić information content (AvgIpc) is 3.72. The molecule has 10 heteroatoms. The van der Waals surface area contributed by atoms with Gasteiger partial charge >= 0.3 is 19.4 Å². The Bertz CT molecular complexity index is 2290. The maximum absolute atomic E-state index is 16.7. The summed E-state index contributed by atoms with van der Waals surface area (Å²) in [4.78, 5) is 5.04. The summed E-state index contributed by atoms with van der Waals surface area (Å²) in [6.07, 6.45) is -2.32. The second-order valence-corrected chi connectivity index (χ2v) is 16.5. The Morgan fingerprint density at radius 2 is 1.11 bits per heavy atom. The second-order valence-electron chi connectivity index (χ2n) is 16.5. The molecule has 0 amide bonds. The highest BCUT2D eigenvalue weighted by atomic mass is 19.4. The van der Waals surface area contributed by atoms with Crippen molar-refractivity contribution in [1.82, 2.24) is 4.48 Å². The molecule has 0 aliphatic carbocycles. The van der Waals surface area contributed by atoms with Crippen LogP contribution in [0.4, 0.5) is 26.3 Å². The molecule has 4 aromatic carbocycles. The Morgan fingerprint density at radius 1 is 0.643 bits per heavy atom. The number of rotatable bonds is 9. The molecule has 290 valence electrons. The number of nitrogens with zero attached hydrogens (tertiary/aromatic N) is 2. The van der Waals surface area contributed by atoms with Crippen molar-refractivity contribution in [2.75, 3.05) is 6.61 Å². The lowest BCUT2D eigenvalue weighted by atomic mass is 9.86. The van der Waals surface area contributed by atoms with Gasteiger partial charge in [-0.15, -0.1) is 0 Å². The van der Waals surface area contributed by atoms with Crippen molar-refractivity contribution < 1.29 is 30.9 Å². The molecule has 1 aromatic heterocycles. The average molecular weight is 767 g/mol. The summed E-state index contributed by atoms with van der Waals surface area (Å²) >= 11 is 0. The smallest absolute Gasteiger partial charge is 0.382 e. The highest BCUT2D eigenvalue weighted by Crippen LogP contribution is 2.41. The zero-order chi connectivity index (χ0) is 40.8. The Balaban J connectivity index is 1.61. The van der Waals surface area contributed by atoms with E-state index in [0.29, 0.717) is 28.1 Å². The standard InChI is InChI=1S/C46H45BF6N2O/c1-29-9-13-33(14-10-29)39-25-37(31-17-21-35(22-18-31)43(3,4)5)40(54-39)27-42-38(32-19-23-36(24-20-32)44(6,7)8)26-41(34-15-11-30(2)12-16-34)55(42)47(53)56-28-45(48,49)46(50,51)52/h9-27H,28H2,1-8H3/b40-27-. The Labute approximate surface area is 325 Å². The molecule has 0 spiro atoms. The van der Waals surface area contributed by atoms with E-state index in [0.717, 1.165) is 43.4 Å². The van der Waals surface area contributed by atoms with Gasteiger partial charge in [0.05, 0.1) is 11.4 Å². The first kappa shape index (κ1) is 40.6. The monoisotopic (exact) mass is 766 g/mol. The number of aromatic nitrogens is 1. The first-order valence-electron chi connectivity index (χ1n) is 18.5. The van der Waals surface area contributed by atoms with Gasteiger partial charge in [0, 0.05) is 28.1 Å². The van der Waals surface area contributed by atoms with Crippen molar-refractivity contribution in [3.05, 3.63) is 154 Å². The number of alkyl halides is 5. The van der Waals surface area contributed by atoms with Gasteiger partial charge in [-0.05, 0) is 70.7 Å². The number of hydrogen-bond donors (Lipinski definition) is 0. The van der Waals surface area contributed by atoms with Crippen LogP contribution >= 0.6 is 0 Å². The van der Waals surface area contributed by atoms with Gasteiger partial charge in [0.1, 0.15) is 6.61 Å². The third kappa shape index (κ3) is 8.65. The molecular formula is C46H45BF6N2O. The summed E-state index contributed by atoms with van der Waals surface area (Å²) in [6.45, 7) is 14.3. The Hall–Kier alpha value is -5.09.